The highest BCUT2D eigenvalue weighted by molar-refractivity contribution is 5.70. The Balaban J connectivity index is 1.83. The molecule has 0 aromatic heterocycles. The summed E-state index contributed by atoms with van der Waals surface area (Å²) in [6, 6.07) is 0.0253. The third kappa shape index (κ3) is 4.61. The van der Waals surface area contributed by atoms with E-state index in [0.717, 1.165) is 19.4 Å². The molecule has 5 nitrogen and oxygen atoms in total. The van der Waals surface area contributed by atoms with Crippen LogP contribution in [-0.4, -0.2) is 47.2 Å². The SMILES string of the molecule is CC[C@H]1CO[C@@H]1[C@@H]1OC(C)(C)N(C(=O)OC(C)(C)C)[C@H]1CC1CCCCC1. The molecule has 5 heteroatoms. The lowest BCUT2D eigenvalue weighted by Crippen LogP contribution is -2.55. The fraction of sp³-hybridized carbons (Fsp3) is 0.955. The van der Waals surface area contributed by atoms with Crippen molar-refractivity contribution in [1.82, 2.24) is 4.90 Å². The van der Waals surface area contributed by atoms with E-state index in [2.05, 4.69) is 6.92 Å². The third-order valence-electron chi connectivity index (χ3n) is 6.42. The first kappa shape index (κ1) is 20.9. The summed E-state index contributed by atoms with van der Waals surface area (Å²) in [4.78, 5) is 15.0. The van der Waals surface area contributed by atoms with Crippen molar-refractivity contribution in [3.63, 3.8) is 0 Å². The fourth-order valence-electron chi connectivity index (χ4n) is 5.03. The molecule has 2 saturated heterocycles. The maximum Gasteiger partial charge on any atom is 0.412 e. The van der Waals surface area contributed by atoms with Crippen LogP contribution in [0.15, 0.2) is 0 Å². The van der Waals surface area contributed by atoms with E-state index in [1.807, 2.05) is 39.5 Å². The van der Waals surface area contributed by atoms with Crippen molar-refractivity contribution >= 4 is 6.09 Å². The quantitative estimate of drug-likeness (QED) is 0.678. The van der Waals surface area contributed by atoms with Crippen LogP contribution < -0.4 is 0 Å². The Morgan fingerprint density at radius 2 is 1.81 bits per heavy atom. The maximum absolute atomic E-state index is 13.1. The standard InChI is InChI=1S/C22H39NO4/c1-7-16-14-25-18(16)19-17(13-15-11-9-8-10-12-15)23(22(5,6)26-19)20(24)27-21(2,3)4/h15-19H,7-14H2,1-6H3/t16-,17-,18-,19+/m0/s1. The van der Waals surface area contributed by atoms with Crippen molar-refractivity contribution in [2.45, 2.75) is 116 Å². The minimum absolute atomic E-state index is 0.0253. The molecule has 3 rings (SSSR count). The average molecular weight is 382 g/mol. The largest absolute Gasteiger partial charge is 0.444 e. The van der Waals surface area contributed by atoms with Gasteiger partial charge in [-0.05, 0) is 53.4 Å². The first-order valence-electron chi connectivity index (χ1n) is 10.9. The molecule has 0 N–H and O–H groups in total. The zero-order valence-corrected chi connectivity index (χ0v) is 18.1. The molecule has 2 aliphatic heterocycles. The Morgan fingerprint density at radius 1 is 1.15 bits per heavy atom. The van der Waals surface area contributed by atoms with E-state index in [1.54, 1.807) is 0 Å². The van der Waals surface area contributed by atoms with Crippen molar-refractivity contribution < 1.29 is 19.0 Å². The molecule has 0 bridgehead atoms. The first-order chi connectivity index (χ1) is 12.6. The molecular formula is C22H39NO4. The topological polar surface area (TPSA) is 48.0 Å². The molecule has 27 heavy (non-hydrogen) atoms. The lowest BCUT2D eigenvalue weighted by atomic mass is 9.80. The van der Waals surface area contributed by atoms with E-state index >= 15 is 0 Å². The minimum Gasteiger partial charge on any atom is -0.444 e. The summed E-state index contributed by atoms with van der Waals surface area (Å²) in [7, 11) is 0. The van der Waals surface area contributed by atoms with Crippen LogP contribution in [0.3, 0.4) is 0 Å². The van der Waals surface area contributed by atoms with E-state index in [4.69, 9.17) is 14.2 Å². The summed E-state index contributed by atoms with van der Waals surface area (Å²) in [5.41, 5.74) is -1.19. The predicted molar refractivity (Wildman–Crippen MR) is 106 cm³/mol. The molecule has 156 valence electrons. The van der Waals surface area contributed by atoms with Crippen LogP contribution >= 0.6 is 0 Å². The highest BCUT2D eigenvalue weighted by atomic mass is 16.6. The van der Waals surface area contributed by atoms with Crippen LogP contribution in [0.5, 0.6) is 0 Å². The molecular weight excluding hydrogens is 342 g/mol. The Bertz CT molecular complexity index is 519. The number of hydrogen-bond donors (Lipinski definition) is 0. The lowest BCUT2D eigenvalue weighted by Gasteiger charge is -2.42. The Labute approximate surface area is 165 Å². The van der Waals surface area contributed by atoms with Gasteiger partial charge in [-0.25, -0.2) is 4.79 Å². The summed E-state index contributed by atoms with van der Waals surface area (Å²) >= 11 is 0. The fourth-order valence-corrected chi connectivity index (χ4v) is 5.03. The number of ether oxygens (including phenoxy) is 3. The number of carbonyl (C=O) groups is 1. The van der Waals surface area contributed by atoms with Crippen molar-refractivity contribution in [3.05, 3.63) is 0 Å². The van der Waals surface area contributed by atoms with Gasteiger partial charge in [-0.15, -0.1) is 0 Å². The Hall–Kier alpha value is -0.810. The average Bonchev–Trinajstić information content (AvgIpc) is 2.76. The molecule has 3 aliphatic rings. The molecule has 3 fully saturated rings. The number of carbonyl (C=O) groups excluding carboxylic acids is 1. The van der Waals surface area contributed by atoms with Gasteiger partial charge in [0.2, 0.25) is 0 Å². The summed E-state index contributed by atoms with van der Waals surface area (Å²) in [5.74, 6) is 1.19. The molecule has 1 aliphatic carbocycles. The summed E-state index contributed by atoms with van der Waals surface area (Å²) in [6.45, 7) is 12.8. The number of rotatable bonds is 4. The molecule has 1 amide bonds. The summed E-state index contributed by atoms with van der Waals surface area (Å²) in [5, 5.41) is 0. The second-order valence-electron chi connectivity index (χ2n) is 10.2. The van der Waals surface area contributed by atoms with Gasteiger partial charge in [0.1, 0.15) is 17.4 Å². The van der Waals surface area contributed by atoms with Gasteiger partial charge < -0.3 is 14.2 Å². The van der Waals surface area contributed by atoms with Gasteiger partial charge in [0.25, 0.3) is 0 Å². The molecule has 0 radical (unpaired) electrons. The van der Waals surface area contributed by atoms with E-state index < -0.39 is 11.3 Å². The van der Waals surface area contributed by atoms with Gasteiger partial charge in [-0.2, -0.15) is 0 Å². The second-order valence-corrected chi connectivity index (χ2v) is 10.2. The predicted octanol–water partition coefficient (Wildman–Crippen LogP) is 5.12. The van der Waals surface area contributed by atoms with Gasteiger partial charge in [0.05, 0.1) is 18.8 Å². The molecule has 0 aromatic carbocycles. The van der Waals surface area contributed by atoms with Gasteiger partial charge in [0, 0.05) is 5.92 Å². The van der Waals surface area contributed by atoms with E-state index in [9.17, 15) is 4.79 Å². The number of amides is 1. The molecule has 0 spiro atoms. The van der Waals surface area contributed by atoms with Gasteiger partial charge in [-0.3, -0.25) is 4.90 Å². The normalized spacial score (nSPS) is 34.4. The van der Waals surface area contributed by atoms with Crippen LogP contribution in [0, 0.1) is 11.8 Å². The zero-order chi connectivity index (χ0) is 19.8. The lowest BCUT2D eigenvalue weighted by molar-refractivity contribution is -0.193. The summed E-state index contributed by atoms with van der Waals surface area (Å²) < 4.78 is 18.2. The molecule has 0 aromatic rings. The van der Waals surface area contributed by atoms with Crippen molar-refractivity contribution in [2.75, 3.05) is 6.61 Å². The molecule has 4 atom stereocenters. The van der Waals surface area contributed by atoms with Crippen LogP contribution in [0.1, 0.15) is 86.5 Å². The van der Waals surface area contributed by atoms with Crippen molar-refractivity contribution in [1.29, 1.82) is 0 Å². The molecule has 1 saturated carbocycles. The smallest absolute Gasteiger partial charge is 0.412 e. The number of nitrogens with zero attached hydrogens (tertiary/aromatic N) is 1. The summed E-state index contributed by atoms with van der Waals surface area (Å²) in [6.07, 6.45) is 8.31. The molecule has 0 unspecified atom stereocenters. The van der Waals surface area contributed by atoms with E-state index in [-0.39, 0.29) is 24.3 Å². The van der Waals surface area contributed by atoms with Gasteiger partial charge >= 0.3 is 6.09 Å². The van der Waals surface area contributed by atoms with Gasteiger partial charge in [-0.1, -0.05) is 39.0 Å². The van der Waals surface area contributed by atoms with Crippen molar-refractivity contribution in [2.24, 2.45) is 11.8 Å². The zero-order valence-electron chi connectivity index (χ0n) is 18.1. The second kappa shape index (κ2) is 7.90. The van der Waals surface area contributed by atoms with Gasteiger partial charge in [0.15, 0.2) is 0 Å². The maximum atomic E-state index is 13.1. The molecule has 2 heterocycles. The van der Waals surface area contributed by atoms with E-state index in [0.29, 0.717) is 11.8 Å². The highest BCUT2D eigenvalue weighted by Gasteiger charge is 2.56. The van der Waals surface area contributed by atoms with Crippen LogP contribution in [-0.2, 0) is 14.2 Å². The highest BCUT2D eigenvalue weighted by Crippen LogP contribution is 2.44. The van der Waals surface area contributed by atoms with Crippen LogP contribution in [0.4, 0.5) is 4.79 Å². The Kier molecular flexibility index (Phi) is 6.12. The van der Waals surface area contributed by atoms with Crippen molar-refractivity contribution in [3.8, 4) is 0 Å². The van der Waals surface area contributed by atoms with Crippen LogP contribution in [0.25, 0.3) is 0 Å². The van der Waals surface area contributed by atoms with E-state index in [1.165, 1.54) is 32.1 Å². The van der Waals surface area contributed by atoms with Crippen LogP contribution in [0.2, 0.25) is 0 Å². The first-order valence-corrected chi connectivity index (χ1v) is 10.9. The minimum atomic E-state index is -0.677. The third-order valence-corrected chi connectivity index (χ3v) is 6.42. The number of hydrogen-bond acceptors (Lipinski definition) is 4. The Morgan fingerprint density at radius 3 is 2.33 bits per heavy atom. The monoisotopic (exact) mass is 381 g/mol.